The highest BCUT2D eigenvalue weighted by Gasteiger charge is 2.22. The van der Waals surface area contributed by atoms with Gasteiger partial charge in [-0.25, -0.2) is 9.59 Å². The predicted octanol–water partition coefficient (Wildman–Crippen LogP) is 5.77. The molecule has 2 amide bonds. The topological polar surface area (TPSA) is 187 Å². The Morgan fingerprint density at radius 1 is 0.442 bits per heavy atom. The van der Waals surface area contributed by atoms with Gasteiger partial charge in [-0.2, -0.15) is 0 Å². The molecule has 0 bridgehead atoms. The SMILES string of the molecule is CC(=O)CC[C@H](NC(=O)CCC[C@H](NC(=O)CCCCCCCCCCCCCCCCCCC(=O)O)C(=O)O)C(=O)O. The summed E-state index contributed by atoms with van der Waals surface area (Å²) in [5, 5.41) is 32.1. The first-order chi connectivity index (χ1) is 20.5. The highest BCUT2D eigenvalue weighted by Crippen LogP contribution is 2.14. The number of unbranched alkanes of at least 4 members (excludes halogenated alkanes) is 15. The van der Waals surface area contributed by atoms with Crippen LogP contribution in [0.1, 0.15) is 155 Å². The number of carbonyl (C=O) groups is 6. The first-order valence-corrected chi connectivity index (χ1v) is 16.3. The van der Waals surface area contributed by atoms with Crippen LogP contribution in [0.25, 0.3) is 0 Å². The molecule has 0 heterocycles. The molecule has 0 aliphatic heterocycles. The van der Waals surface area contributed by atoms with E-state index in [-0.39, 0.29) is 56.6 Å². The Balaban J connectivity index is 3.79. The number of amides is 2. The minimum Gasteiger partial charge on any atom is -0.481 e. The van der Waals surface area contributed by atoms with Crippen LogP contribution in [0.15, 0.2) is 0 Å². The maximum absolute atomic E-state index is 12.2. The van der Waals surface area contributed by atoms with E-state index in [1.54, 1.807) is 0 Å². The second-order valence-electron chi connectivity index (χ2n) is 11.6. The van der Waals surface area contributed by atoms with E-state index in [1.807, 2.05) is 0 Å². The van der Waals surface area contributed by atoms with E-state index < -0.39 is 35.9 Å². The Kier molecular flexibility index (Phi) is 24.8. The van der Waals surface area contributed by atoms with Crippen LogP contribution in [-0.2, 0) is 28.8 Å². The lowest BCUT2D eigenvalue weighted by Gasteiger charge is -2.16. The van der Waals surface area contributed by atoms with Gasteiger partial charge < -0.3 is 30.7 Å². The van der Waals surface area contributed by atoms with Crippen molar-refractivity contribution in [3.8, 4) is 0 Å². The molecule has 0 aromatic rings. The van der Waals surface area contributed by atoms with Crippen molar-refractivity contribution in [1.29, 1.82) is 0 Å². The van der Waals surface area contributed by atoms with Crippen molar-refractivity contribution in [2.24, 2.45) is 0 Å². The van der Waals surface area contributed by atoms with Crippen LogP contribution < -0.4 is 10.6 Å². The molecule has 248 valence electrons. The summed E-state index contributed by atoms with van der Waals surface area (Å²) in [4.78, 5) is 68.6. The highest BCUT2D eigenvalue weighted by atomic mass is 16.4. The van der Waals surface area contributed by atoms with E-state index in [2.05, 4.69) is 10.6 Å². The molecule has 11 heteroatoms. The maximum atomic E-state index is 12.2. The van der Waals surface area contributed by atoms with Crippen molar-refractivity contribution in [2.45, 2.75) is 167 Å². The third kappa shape index (κ3) is 26.4. The zero-order valence-corrected chi connectivity index (χ0v) is 26.2. The smallest absolute Gasteiger partial charge is 0.326 e. The van der Waals surface area contributed by atoms with Gasteiger partial charge in [0.15, 0.2) is 0 Å². The van der Waals surface area contributed by atoms with Gasteiger partial charge in [-0.1, -0.05) is 89.9 Å². The molecule has 0 aliphatic carbocycles. The summed E-state index contributed by atoms with van der Waals surface area (Å²) in [6.45, 7) is 1.34. The Morgan fingerprint density at radius 3 is 1.12 bits per heavy atom. The predicted molar refractivity (Wildman–Crippen MR) is 164 cm³/mol. The van der Waals surface area contributed by atoms with E-state index in [9.17, 15) is 39.0 Å². The van der Waals surface area contributed by atoms with Gasteiger partial charge >= 0.3 is 17.9 Å². The quantitative estimate of drug-likeness (QED) is 0.0627. The van der Waals surface area contributed by atoms with Crippen molar-refractivity contribution < 1.29 is 44.1 Å². The zero-order chi connectivity index (χ0) is 32.3. The van der Waals surface area contributed by atoms with Gasteiger partial charge in [-0.3, -0.25) is 14.4 Å². The standard InChI is InChI=1S/C32H56N2O9/c1-25(35)23-24-27(32(42)43)34-29(37)21-18-19-26(31(40)41)33-28(36)20-16-14-12-10-8-6-4-2-3-5-7-9-11-13-15-17-22-30(38)39/h26-27H,2-24H2,1H3,(H,33,36)(H,34,37)(H,38,39)(H,40,41)(H,42,43)/t26-,27-/m0/s1. The van der Waals surface area contributed by atoms with Crippen molar-refractivity contribution in [3.63, 3.8) is 0 Å². The number of aliphatic carboxylic acids is 3. The third-order valence-corrected chi connectivity index (χ3v) is 7.49. The molecule has 11 nitrogen and oxygen atoms in total. The summed E-state index contributed by atoms with van der Waals surface area (Å²) in [7, 11) is 0. The fourth-order valence-electron chi connectivity index (χ4n) is 4.90. The summed E-state index contributed by atoms with van der Waals surface area (Å²) in [5.41, 5.74) is 0. The van der Waals surface area contributed by atoms with Crippen LogP contribution in [0.2, 0.25) is 0 Å². The van der Waals surface area contributed by atoms with Crippen LogP contribution in [0.3, 0.4) is 0 Å². The number of Topliss-reactive ketones (excluding diaryl/α,β-unsaturated/α-hetero) is 1. The van der Waals surface area contributed by atoms with E-state index in [0.717, 1.165) is 38.5 Å². The van der Waals surface area contributed by atoms with E-state index in [1.165, 1.54) is 64.7 Å². The number of carboxylic acid groups (broad SMARTS) is 3. The summed E-state index contributed by atoms with van der Waals surface area (Å²) < 4.78 is 0. The van der Waals surface area contributed by atoms with Gasteiger partial charge in [0, 0.05) is 25.7 Å². The molecule has 0 spiro atoms. The first kappa shape index (κ1) is 40.0. The van der Waals surface area contributed by atoms with Gasteiger partial charge in [0.05, 0.1) is 0 Å². The molecule has 0 aromatic carbocycles. The molecule has 0 radical (unpaired) electrons. The zero-order valence-electron chi connectivity index (χ0n) is 26.2. The molecule has 43 heavy (non-hydrogen) atoms. The number of rotatable bonds is 30. The summed E-state index contributed by atoms with van der Waals surface area (Å²) in [5.74, 6) is -4.16. The molecule has 0 fully saturated rings. The second-order valence-corrected chi connectivity index (χ2v) is 11.6. The number of hydrogen-bond donors (Lipinski definition) is 5. The second kappa shape index (κ2) is 26.6. The number of nitrogens with one attached hydrogen (secondary N) is 2. The third-order valence-electron chi connectivity index (χ3n) is 7.49. The van der Waals surface area contributed by atoms with Gasteiger partial charge in [-0.05, 0) is 39.0 Å². The molecule has 0 saturated carbocycles. The molecule has 0 unspecified atom stereocenters. The lowest BCUT2D eigenvalue weighted by molar-refractivity contribution is -0.142. The number of carbonyl (C=O) groups excluding carboxylic acids is 3. The van der Waals surface area contributed by atoms with E-state index >= 15 is 0 Å². The maximum Gasteiger partial charge on any atom is 0.326 e. The fraction of sp³-hybridized carbons (Fsp3) is 0.812. The lowest BCUT2D eigenvalue weighted by atomic mass is 10.0. The van der Waals surface area contributed by atoms with Gasteiger partial charge in [0.1, 0.15) is 17.9 Å². The molecule has 0 aromatic heterocycles. The molecular formula is C32H56N2O9. The van der Waals surface area contributed by atoms with Crippen molar-refractivity contribution in [3.05, 3.63) is 0 Å². The molecule has 0 rings (SSSR count). The van der Waals surface area contributed by atoms with Crippen molar-refractivity contribution >= 4 is 35.5 Å². The Bertz CT molecular complexity index is 832. The van der Waals surface area contributed by atoms with Crippen LogP contribution in [-0.4, -0.2) is 62.9 Å². The fourth-order valence-corrected chi connectivity index (χ4v) is 4.90. The summed E-state index contributed by atoms with van der Waals surface area (Å²) in [6.07, 6.45) is 18.6. The Morgan fingerprint density at radius 2 is 0.767 bits per heavy atom. The lowest BCUT2D eigenvalue weighted by Crippen LogP contribution is -2.42. The Hall–Kier alpha value is -2.98. The number of carboxylic acids is 3. The Labute approximate surface area is 257 Å². The summed E-state index contributed by atoms with van der Waals surface area (Å²) in [6, 6.07) is -2.28. The van der Waals surface area contributed by atoms with Crippen molar-refractivity contribution in [2.75, 3.05) is 0 Å². The average Bonchev–Trinajstić information content (AvgIpc) is 2.93. The largest absolute Gasteiger partial charge is 0.481 e. The molecule has 2 atom stereocenters. The minimum absolute atomic E-state index is 0.00713. The monoisotopic (exact) mass is 612 g/mol. The average molecular weight is 613 g/mol. The van der Waals surface area contributed by atoms with Crippen LogP contribution in [0.4, 0.5) is 0 Å². The van der Waals surface area contributed by atoms with Gasteiger partial charge in [-0.15, -0.1) is 0 Å². The highest BCUT2D eigenvalue weighted by molar-refractivity contribution is 5.85. The van der Waals surface area contributed by atoms with Gasteiger partial charge in [0.25, 0.3) is 0 Å². The van der Waals surface area contributed by atoms with Crippen LogP contribution in [0.5, 0.6) is 0 Å². The van der Waals surface area contributed by atoms with Gasteiger partial charge in [0.2, 0.25) is 11.8 Å². The van der Waals surface area contributed by atoms with E-state index in [4.69, 9.17) is 5.11 Å². The van der Waals surface area contributed by atoms with Crippen molar-refractivity contribution in [1.82, 2.24) is 10.6 Å². The molecule has 0 aliphatic rings. The summed E-state index contributed by atoms with van der Waals surface area (Å²) >= 11 is 0. The van der Waals surface area contributed by atoms with Crippen LogP contribution in [0, 0.1) is 0 Å². The van der Waals surface area contributed by atoms with Crippen LogP contribution >= 0.6 is 0 Å². The molecule has 0 saturated heterocycles. The first-order valence-electron chi connectivity index (χ1n) is 16.3. The number of hydrogen-bond acceptors (Lipinski definition) is 6. The van der Waals surface area contributed by atoms with E-state index in [0.29, 0.717) is 6.42 Å². The minimum atomic E-state index is -1.23. The number of ketones is 1. The molecular weight excluding hydrogens is 556 g/mol. The normalized spacial score (nSPS) is 12.3. The molecule has 5 N–H and O–H groups in total.